The molecule has 0 radical (unpaired) electrons. The van der Waals surface area contributed by atoms with Gasteiger partial charge in [0.05, 0.1) is 26.0 Å². The van der Waals surface area contributed by atoms with E-state index < -0.39 is 0 Å². The van der Waals surface area contributed by atoms with Crippen molar-refractivity contribution < 1.29 is 31.6 Å². The van der Waals surface area contributed by atoms with E-state index in [9.17, 15) is 4.79 Å². The molecular weight excluding hydrogens is 421 g/mol. The third-order valence-corrected chi connectivity index (χ3v) is 5.59. The molecule has 0 aromatic heterocycles. The lowest BCUT2D eigenvalue weighted by Gasteiger charge is -2.28. The molecule has 3 rings (SSSR count). The first-order valence-electron chi connectivity index (χ1n) is 10.3. The van der Waals surface area contributed by atoms with Gasteiger partial charge in [0.1, 0.15) is 19.1 Å². The Hall–Kier alpha value is -2.01. The molecule has 0 aliphatic carbocycles. The molecule has 0 saturated carbocycles. The van der Waals surface area contributed by atoms with Gasteiger partial charge in [-0.1, -0.05) is 60.1 Å². The van der Waals surface area contributed by atoms with E-state index in [0.29, 0.717) is 18.2 Å². The molecule has 4 nitrogen and oxygen atoms in total. The minimum Gasteiger partial charge on any atom is -1.00 e. The summed E-state index contributed by atoms with van der Waals surface area (Å²) in [5.41, 5.74) is 2.98. The van der Waals surface area contributed by atoms with Crippen LogP contribution >= 0.6 is 11.6 Å². The lowest BCUT2D eigenvalue weighted by atomic mass is 9.98. The highest BCUT2D eigenvalue weighted by atomic mass is 35.5. The Bertz CT molecular complexity index is 826. The van der Waals surface area contributed by atoms with Gasteiger partial charge in [0, 0.05) is 16.2 Å². The second-order valence-electron chi connectivity index (χ2n) is 7.29. The zero-order valence-electron chi connectivity index (χ0n) is 17.3. The Balaban J connectivity index is 0.00000320. The lowest BCUT2D eigenvalue weighted by Crippen LogP contribution is -3.14. The van der Waals surface area contributed by atoms with E-state index in [1.165, 1.54) is 4.90 Å². The summed E-state index contributed by atoms with van der Waals surface area (Å²) < 4.78 is 11.1. The van der Waals surface area contributed by atoms with E-state index in [0.717, 1.165) is 49.2 Å². The van der Waals surface area contributed by atoms with Crippen molar-refractivity contribution in [3.05, 3.63) is 77.0 Å². The predicted octanol–water partition coefficient (Wildman–Crippen LogP) is 0.608. The summed E-state index contributed by atoms with van der Waals surface area (Å²) >= 11 is 6.43. The number of halogens is 2. The topological polar surface area (TPSA) is 40.0 Å². The van der Waals surface area contributed by atoms with E-state index in [1.54, 1.807) is 0 Å². The number of carbonyl (C=O) groups is 1. The second kappa shape index (κ2) is 12.6. The largest absolute Gasteiger partial charge is 1.00 e. The standard InChI is InChI=1S/C24H28ClNO3.ClH/c1-2-29-24(27)20-11-8-14-26(17-20)15-16-28-18-22(19-9-4-3-5-10-19)21-12-6-7-13-23(21)25;/h3-7,9-10,12-13,18,20H,2,8,11,14-17H2,1H3;1H/b22-18+;/t20-;/m1./s1. The lowest BCUT2D eigenvalue weighted by molar-refractivity contribution is -0.907. The third kappa shape index (κ3) is 6.76. The Kier molecular flexibility index (Phi) is 10.2. The van der Waals surface area contributed by atoms with Crippen LogP contribution in [0.1, 0.15) is 30.9 Å². The van der Waals surface area contributed by atoms with Crippen molar-refractivity contribution in [1.82, 2.24) is 0 Å². The number of likely N-dealkylation sites (tertiary alicyclic amines) is 1. The van der Waals surface area contributed by atoms with Gasteiger partial charge in [-0.2, -0.15) is 0 Å². The van der Waals surface area contributed by atoms with Crippen molar-refractivity contribution in [3.63, 3.8) is 0 Å². The minimum absolute atomic E-state index is 0. The molecule has 1 aliphatic heterocycles. The highest BCUT2D eigenvalue weighted by Gasteiger charge is 2.29. The maximum absolute atomic E-state index is 12.0. The molecule has 0 bridgehead atoms. The normalized spacial score (nSPS) is 18.9. The van der Waals surface area contributed by atoms with Gasteiger partial charge in [-0.25, -0.2) is 0 Å². The molecule has 30 heavy (non-hydrogen) atoms. The van der Waals surface area contributed by atoms with Crippen LogP contribution in [0.2, 0.25) is 5.02 Å². The Morgan fingerprint density at radius 3 is 2.63 bits per heavy atom. The summed E-state index contributed by atoms with van der Waals surface area (Å²) in [7, 11) is 0. The number of ether oxygens (including phenoxy) is 2. The molecule has 2 atom stereocenters. The molecule has 0 spiro atoms. The second-order valence-corrected chi connectivity index (χ2v) is 7.70. The van der Waals surface area contributed by atoms with Crippen molar-refractivity contribution in [2.24, 2.45) is 5.92 Å². The molecule has 2 aromatic carbocycles. The van der Waals surface area contributed by atoms with Crippen LogP contribution in [0.4, 0.5) is 0 Å². The van der Waals surface area contributed by atoms with Crippen LogP contribution in [-0.4, -0.2) is 38.8 Å². The third-order valence-electron chi connectivity index (χ3n) is 5.26. The van der Waals surface area contributed by atoms with Crippen molar-refractivity contribution in [3.8, 4) is 0 Å². The van der Waals surface area contributed by atoms with Crippen LogP contribution in [0.25, 0.3) is 5.57 Å². The zero-order valence-corrected chi connectivity index (χ0v) is 18.8. The highest BCUT2D eigenvalue weighted by molar-refractivity contribution is 6.32. The molecule has 1 saturated heterocycles. The highest BCUT2D eigenvalue weighted by Crippen LogP contribution is 2.29. The molecule has 2 aromatic rings. The Labute approximate surface area is 190 Å². The van der Waals surface area contributed by atoms with Crippen molar-refractivity contribution in [2.75, 3.05) is 32.8 Å². The average Bonchev–Trinajstić information content (AvgIpc) is 2.76. The van der Waals surface area contributed by atoms with Gasteiger partial charge >= 0.3 is 5.97 Å². The summed E-state index contributed by atoms with van der Waals surface area (Å²) in [5.74, 6) is -0.0483. The zero-order chi connectivity index (χ0) is 20.5. The first kappa shape index (κ1) is 24.3. The minimum atomic E-state index is -0.0596. The summed E-state index contributed by atoms with van der Waals surface area (Å²) in [4.78, 5) is 13.4. The first-order chi connectivity index (χ1) is 14.2. The fourth-order valence-electron chi connectivity index (χ4n) is 3.77. The van der Waals surface area contributed by atoms with Crippen LogP contribution in [-0.2, 0) is 14.3 Å². The van der Waals surface area contributed by atoms with Crippen molar-refractivity contribution in [2.45, 2.75) is 19.8 Å². The van der Waals surface area contributed by atoms with E-state index in [1.807, 2.05) is 55.7 Å². The number of hydrogen-bond acceptors (Lipinski definition) is 3. The molecule has 1 N–H and O–H groups in total. The Morgan fingerprint density at radius 1 is 1.17 bits per heavy atom. The molecule has 0 amide bonds. The van der Waals surface area contributed by atoms with Gasteiger partial charge in [0.15, 0.2) is 0 Å². The number of benzene rings is 2. The quantitative estimate of drug-likeness (QED) is 0.364. The van der Waals surface area contributed by atoms with Gasteiger partial charge in [0.2, 0.25) is 0 Å². The monoisotopic (exact) mass is 449 g/mol. The Morgan fingerprint density at radius 2 is 1.90 bits per heavy atom. The number of esters is 1. The molecule has 1 fully saturated rings. The number of quaternary nitrogens is 1. The van der Waals surface area contributed by atoms with Crippen LogP contribution in [0.5, 0.6) is 0 Å². The predicted molar refractivity (Wildman–Crippen MR) is 116 cm³/mol. The van der Waals surface area contributed by atoms with Crippen LogP contribution in [0, 0.1) is 5.92 Å². The average molecular weight is 450 g/mol. The van der Waals surface area contributed by atoms with Gasteiger partial charge in [-0.3, -0.25) is 4.79 Å². The molecule has 162 valence electrons. The summed E-state index contributed by atoms with van der Waals surface area (Å²) in [6, 6.07) is 17.9. The van der Waals surface area contributed by atoms with E-state index in [2.05, 4.69) is 12.1 Å². The van der Waals surface area contributed by atoms with Crippen LogP contribution in [0.3, 0.4) is 0 Å². The van der Waals surface area contributed by atoms with E-state index in [4.69, 9.17) is 21.1 Å². The number of hydrogen-bond donors (Lipinski definition) is 1. The van der Waals surface area contributed by atoms with Crippen LogP contribution in [0.15, 0.2) is 60.9 Å². The van der Waals surface area contributed by atoms with Crippen LogP contribution < -0.4 is 17.3 Å². The van der Waals surface area contributed by atoms with Gasteiger partial charge in [-0.15, -0.1) is 0 Å². The van der Waals surface area contributed by atoms with E-state index in [-0.39, 0.29) is 24.3 Å². The number of nitrogens with one attached hydrogen (secondary N) is 1. The number of carbonyl (C=O) groups excluding carboxylic acids is 1. The first-order valence-corrected chi connectivity index (χ1v) is 10.7. The van der Waals surface area contributed by atoms with Gasteiger partial charge < -0.3 is 26.8 Å². The maximum Gasteiger partial charge on any atom is 0.314 e. The smallest absolute Gasteiger partial charge is 0.314 e. The fraction of sp³-hybridized carbons (Fsp3) is 0.375. The molecule has 1 unspecified atom stereocenters. The summed E-state index contributed by atoms with van der Waals surface area (Å²) in [5, 5.41) is 0.699. The number of piperidine rings is 1. The summed E-state index contributed by atoms with van der Waals surface area (Å²) in [6.07, 6.45) is 3.78. The molecule has 1 aliphatic rings. The fourth-order valence-corrected chi connectivity index (χ4v) is 4.01. The maximum atomic E-state index is 12.0. The van der Waals surface area contributed by atoms with E-state index >= 15 is 0 Å². The molecule has 6 heteroatoms. The summed E-state index contributed by atoms with van der Waals surface area (Å²) in [6.45, 7) is 5.64. The molecule has 1 heterocycles. The van der Waals surface area contributed by atoms with Gasteiger partial charge in [-0.05, 0) is 31.4 Å². The van der Waals surface area contributed by atoms with Crippen molar-refractivity contribution in [1.29, 1.82) is 0 Å². The molecular formula is C24H29Cl2NO3. The number of rotatable bonds is 8. The van der Waals surface area contributed by atoms with Crippen molar-refractivity contribution >= 4 is 23.1 Å². The van der Waals surface area contributed by atoms with Gasteiger partial charge in [0.25, 0.3) is 0 Å². The SMILES string of the molecule is CCOC(=O)[C@@H]1CCC[NH+](CCO/C=C(\c2ccccc2)c2ccccc2Cl)C1.[Cl-].